The number of benzene rings is 1. The molecule has 0 spiro atoms. The van der Waals surface area contributed by atoms with Gasteiger partial charge < -0.3 is 5.32 Å². The Morgan fingerprint density at radius 3 is 2.48 bits per heavy atom. The average Bonchev–Trinajstić information content (AvgIpc) is 2.85. The molecule has 1 aliphatic carbocycles. The third-order valence-electron chi connectivity index (χ3n) is 7.23. The minimum Gasteiger partial charge on any atom is -0.316 e. The van der Waals surface area contributed by atoms with Gasteiger partial charge in [-0.25, -0.2) is 4.39 Å². The van der Waals surface area contributed by atoms with E-state index in [9.17, 15) is 4.39 Å². The highest BCUT2D eigenvalue weighted by Crippen LogP contribution is 2.52. The van der Waals surface area contributed by atoms with Crippen molar-refractivity contribution < 1.29 is 4.39 Å². The van der Waals surface area contributed by atoms with Gasteiger partial charge in [-0.05, 0) is 86.6 Å². The molecule has 3 heteroatoms. The number of piperidine rings is 2. The molecule has 2 bridgehead atoms. The van der Waals surface area contributed by atoms with Gasteiger partial charge in [0.1, 0.15) is 5.82 Å². The van der Waals surface area contributed by atoms with E-state index >= 15 is 0 Å². The second-order valence-corrected chi connectivity index (χ2v) is 8.41. The third-order valence-corrected chi connectivity index (χ3v) is 7.23. The molecule has 23 heavy (non-hydrogen) atoms. The fourth-order valence-corrected chi connectivity index (χ4v) is 5.83. The highest BCUT2D eigenvalue weighted by molar-refractivity contribution is 5.28. The predicted octanol–water partition coefficient (Wildman–Crippen LogP) is 3.31. The summed E-state index contributed by atoms with van der Waals surface area (Å²) in [6, 6.07) is 7.33. The normalized spacial score (nSPS) is 42.0. The Balaban J connectivity index is 1.28. The summed E-state index contributed by atoms with van der Waals surface area (Å²) in [5.41, 5.74) is 2.17. The van der Waals surface area contributed by atoms with Crippen LogP contribution in [-0.4, -0.2) is 36.6 Å². The molecule has 3 saturated heterocycles. The zero-order valence-corrected chi connectivity index (χ0v) is 14.0. The van der Waals surface area contributed by atoms with Crippen molar-refractivity contribution in [2.24, 2.45) is 17.8 Å². The topological polar surface area (TPSA) is 15.3 Å². The van der Waals surface area contributed by atoms with Gasteiger partial charge in [0.25, 0.3) is 0 Å². The van der Waals surface area contributed by atoms with Crippen LogP contribution >= 0.6 is 0 Å². The predicted molar refractivity (Wildman–Crippen MR) is 90.0 cm³/mol. The van der Waals surface area contributed by atoms with Crippen LogP contribution in [0.25, 0.3) is 0 Å². The van der Waals surface area contributed by atoms with E-state index in [0.717, 1.165) is 35.4 Å². The van der Waals surface area contributed by atoms with Crippen molar-refractivity contribution in [2.75, 3.05) is 19.6 Å². The number of aryl methyl sites for hydroxylation is 1. The summed E-state index contributed by atoms with van der Waals surface area (Å²) >= 11 is 0. The Kier molecular flexibility index (Phi) is 3.31. The van der Waals surface area contributed by atoms with Crippen LogP contribution in [0.15, 0.2) is 18.2 Å². The highest BCUT2D eigenvalue weighted by atomic mass is 19.1. The Labute approximate surface area is 138 Å². The fraction of sp³-hybridized carbons (Fsp3) is 0.700. The molecule has 4 aliphatic rings. The molecule has 1 saturated carbocycles. The number of fused-ring (bicyclic) bond motifs is 3. The van der Waals surface area contributed by atoms with Crippen molar-refractivity contribution in [3.63, 3.8) is 0 Å². The molecule has 1 N–H and O–H groups in total. The maximum Gasteiger partial charge on any atom is 0.126 e. The molecule has 2 nitrogen and oxygen atoms in total. The maximum absolute atomic E-state index is 13.5. The minimum absolute atomic E-state index is 0.0666. The summed E-state index contributed by atoms with van der Waals surface area (Å²) in [5, 5.41) is 3.52. The second-order valence-electron chi connectivity index (χ2n) is 8.41. The summed E-state index contributed by atoms with van der Waals surface area (Å²) in [7, 11) is 0. The highest BCUT2D eigenvalue weighted by Gasteiger charge is 2.54. The van der Waals surface area contributed by atoms with Crippen molar-refractivity contribution in [1.29, 1.82) is 0 Å². The molecule has 5 rings (SSSR count). The molecular weight excluding hydrogens is 287 g/mol. The van der Waals surface area contributed by atoms with Gasteiger partial charge in [0.2, 0.25) is 0 Å². The maximum atomic E-state index is 13.5. The monoisotopic (exact) mass is 314 g/mol. The molecule has 2 unspecified atom stereocenters. The van der Waals surface area contributed by atoms with Gasteiger partial charge in [-0.1, -0.05) is 12.1 Å². The van der Waals surface area contributed by atoms with Crippen LogP contribution in [0.3, 0.4) is 0 Å². The summed E-state index contributed by atoms with van der Waals surface area (Å²) in [5.74, 6) is 3.51. The van der Waals surface area contributed by atoms with Gasteiger partial charge >= 0.3 is 0 Å². The largest absolute Gasteiger partial charge is 0.316 e. The average molecular weight is 314 g/mol. The molecule has 0 radical (unpaired) electrons. The lowest BCUT2D eigenvalue weighted by Gasteiger charge is -2.39. The number of hydrogen-bond acceptors (Lipinski definition) is 2. The summed E-state index contributed by atoms with van der Waals surface area (Å²) in [6.45, 7) is 5.76. The Bertz CT molecular complexity index is 592. The molecule has 3 aliphatic heterocycles. The summed E-state index contributed by atoms with van der Waals surface area (Å²) < 4.78 is 13.5. The van der Waals surface area contributed by atoms with Crippen molar-refractivity contribution in [3.05, 3.63) is 35.1 Å². The first-order valence-corrected chi connectivity index (χ1v) is 9.43. The quantitative estimate of drug-likeness (QED) is 0.921. The van der Waals surface area contributed by atoms with Crippen LogP contribution in [0.2, 0.25) is 0 Å². The van der Waals surface area contributed by atoms with Crippen LogP contribution < -0.4 is 5.32 Å². The molecule has 124 valence electrons. The molecule has 0 aromatic heterocycles. The van der Waals surface area contributed by atoms with E-state index in [1.165, 1.54) is 50.9 Å². The Hall–Kier alpha value is -0.930. The van der Waals surface area contributed by atoms with Gasteiger partial charge in [0.05, 0.1) is 0 Å². The minimum atomic E-state index is -0.0666. The number of rotatable bonds is 3. The van der Waals surface area contributed by atoms with E-state index in [0.29, 0.717) is 5.92 Å². The second kappa shape index (κ2) is 5.29. The van der Waals surface area contributed by atoms with Crippen LogP contribution in [0.4, 0.5) is 4.39 Å². The van der Waals surface area contributed by atoms with E-state index in [-0.39, 0.29) is 5.82 Å². The summed E-state index contributed by atoms with van der Waals surface area (Å²) in [6.07, 6.45) is 5.31. The first-order chi connectivity index (χ1) is 11.2. The lowest BCUT2D eigenvalue weighted by molar-refractivity contribution is 0.116. The number of nitrogens with zero attached hydrogens (tertiary/aromatic N) is 1. The molecular formula is C20H27FN2. The molecule has 6 atom stereocenters. The van der Waals surface area contributed by atoms with Gasteiger partial charge in [-0.15, -0.1) is 0 Å². The van der Waals surface area contributed by atoms with E-state index in [1.54, 1.807) is 6.07 Å². The zero-order valence-electron chi connectivity index (χ0n) is 14.0. The van der Waals surface area contributed by atoms with Crippen LogP contribution in [-0.2, 0) is 0 Å². The summed E-state index contributed by atoms with van der Waals surface area (Å²) in [4.78, 5) is 2.86. The third kappa shape index (κ3) is 2.35. The van der Waals surface area contributed by atoms with Gasteiger partial charge in [0.15, 0.2) is 0 Å². The van der Waals surface area contributed by atoms with Crippen molar-refractivity contribution in [3.8, 4) is 0 Å². The van der Waals surface area contributed by atoms with Crippen molar-refractivity contribution in [1.82, 2.24) is 10.2 Å². The standard InChI is InChI=1S/C20H27FN2/c1-12-6-13(2-5-20(12)21)14-7-15-3-4-16(8-14)23(15)11-19-17-9-22-10-18(17)19/h2,5-6,14-19,22H,3-4,7-11H2,1H3/t14?,15-,16+,17-,18+,19?. The van der Waals surface area contributed by atoms with Gasteiger partial charge in [-0.2, -0.15) is 0 Å². The van der Waals surface area contributed by atoms with Crippen molar-refractivity contribution in [2.45, 2.75) is 50.6 Å². The van der Waals surface area contributed by atoms with Gasteiger partial charge in [-0.3, -0.25) is 4.90 Å². The number of halogens is 1. The SMILES string of the molecule is Cc1cc(C2C[C@H]3CC[C@@H](C2)N3CC2[C@H]3CNC[C@@H]23)ccc1F. The molecule has 1 aromatic carbocycles. The zero-order chi connectivity index (χ0) is 15.6. The first-order valence-electron chi connectivity index (χ1n) is 9.43. The smallest absolute Gasteiger partial charge is 0.126 e. The lowest BCUT2D eigenvalue weighted by atomic mass is 9.84. The Morgan fingerprint density at radius 1 is 1.13 bits per heavy atom. The molecule has 3 heterocycles. The van der Waals surface area contributed by atoms with Crippen LogP contribution in [0.5, 0.6) is 0 Å². The molecule has 1 aromatic rings. The fourth-order valence-electron chi connectivity index (χ4n) is 5.83. The number of nitrogens with one attached hydrogen (secondary N) is 1. The Morgan fingerprint density at radius 2 is 1.83 bits per heavy atom. The van der Waals surface area contributed by atoms with Gasteiger partial charge in [0, 0.05) is 18.6 Å². The first kappa shape index (κ1) is 14.4. The molecule has 0 amide bonds. The van der Waals surface area contributed by atoms with E-state index in [4.69, 9.17) is 0 Å². The van der Waals surface area contributed by atoms with Crippen LogP contribution in [0, 0.1) is 30.5 Å². The van der Waals surface area contributed by atoms with E-state index < -0.39 is 0 Å². The number of hydrogen-bond donors (Lipinski definition) is 1. The van der Waals surface area contributed by atoms with Crippen LogP contribution in [0.1, 0.15) is 42.7 Å². The van der Waals surface area contributed by atoms with E-state index in [2.05, 4.69) is 16.3 Å². The van der Waals surface area contributed by atoms with E-state index in [1.807, 2.05) is 13.0 Å². The molecule has 4 fully saturated rings. The van der Waals surface area contributed by atoms with Crippen molar-refractivity contribution >= 4 is 0 Å². The lowest BCUT2D eigenvalue weighted by Crippen LogP contribution is -2.44.